The SMILES string of the molecule is CNCc1nc2cc(C)cc(C)c2s1. The second kappa shape index (κ2) is 3.67. The number of aryl methyl sites for hydroxylation is 2. The van der Waals surface area contributed by atoms with Crippen LogP contribution in [-0.2, 0) is 6.54 Å². The Labute approximate surface area is 88.0 Å². The second-order valence-corrected chi connectivity index (χ2v) is 4.65. The van der Waals surface area contributed by atoms with E-state index in [-0.39, 0.29) is 0 Å². The van der Waals surface area contributed by atoms with E-state index < -0.39 is 0 Å². The summed E-state index contributed by atoms with van der Waals surface area (Å²) in [7, 11) is 1.95. The van der Waals surface area contributed by atoms with Gasteiger partial charge in [0.05, 0.1) is 10.2 Å². The van der Waals surface area contributed by atoms with Crippen molar-refractivity contribution in [3.05, 3.63) is 28.3 Å². The molecule has 0 saturated carbocycles. The van der Waals surface area contributed by atoms with Gasteiger partial charge in [-0.1, -0.05) is 6.07 Å². The van der Waals surface area contributed by atoms with Crippen molar-refractivity contribution in [3.8, 4) is 0 Å². The van der Waals surface area contributed by atoms with Gasteiger partial charge < -0.3 is 5.32 Å². The highest BCUT2D eigenvalue weighted by molar-refractivity contribution is 7.18. The standard InChI is InChI=1S/C11H14N2S/c1-7-4-8(2)11-9(5-7)13-10(14-11)6-12-3/h4-5,12H,6H2,1-3H3. The average Bonchev–Trinajstić information content (AvgIpc) is 2.48. The number of hydrogen-bond acceptors (Lipinski definition) is 3. The fourth-order valence-electron chi connectivity index (χ4n) is 1.65. The summed E-state index contributed by atoms with van der Waals surface area (Å²) in [6.45, 7) is 5.12. The molecule has 0 fully saturated rings. The highest BCUT2D eigenvalue weighted by Gasteiger charge is 2.05. The summed E-state index contributed by atoms with van der Waals surface area (Å²) < 4.78 is 1.32. The number of nitrogens with one attached hydrogen (secondary N) is 1. The number of nitrogens with zero attached hydrogens (tertiary/aromatic N) is 1. The Morgan fingerprint density at radius 1 is 1.36 bits per heavy atom. The predicted molar refractivity (Wildman–Crippen MR) is 61.9 cm³/mol. The van der Waals surface area contributed by atoms with Crippen LogP contribution in [0.3, 0.4) is 0 Å². The second-order valence-electron chi connectivity index (χ2n) is 3.57. The average molecular weight is 206 g/mol. The van der Waals surface area contributed by atoms with Crippen LogP contribution in [0.2, 0.25) is 0 Å². The zero-order valence-corrected chi connectivity index (χ0v) is 9.53. The molecule has 0 aliphatic carbocycles. The fourth-order valence-corrected chi connectivity index (χ4v) is 2.67. The van der Waals surface area contributed by atoms with Gasteiger partial charge in [0.25, 0.3) is 0 Å². The zero-order valence-electron chi connectivity index (χ0n) is 8.72. The lowest BCUT2D eigenvalue weighted by Crippen LogP contribution is -2.03. The van der Waals surface area contributed by atoms with E-state index >= 15 is 0 Å². The molecular weight excluding hydrogens is 192 g/mol. The number of benzene rings is 1. The maximum atomic E-state index is 4.58. The van der Waals surface area contributed by atoms with Gasteiger partial charge in [0.2, 0.25) is 0 Å². The highest BCUT2D eigenvalue weighted by Crippen LogP contribution is 2.26. The van der Waals surface area contributed by atoms with Gasteiger partial charge >= 0.3 is 0 Å². The van der Waals surface area contributed by atoms with Crippen molar-refractivity contribution in [2.45, 2.75) is 20.4 Å². The monoisotopic (exact) mass is 206 g/mol. The van der Waals surface area contributed by atoms with Crippen molar-refractivity contribution in [1.82, 2.24) is 10.3 Å². The Balaban J connectivity index is 2.58. The summed E-state index contributed by atoms with van der Waals surface area (Å²) in [6, 6.07) is 4.36. The van der Waals surface area contributed by atoms with E-state index in [4.69, 9.17) is 0 Å². The third kappa shape index (κ3) is 1.65. The van der Waals surface area contributed by atoms with Crippen LogP contribution in [0.25, 0.3) is 10.2 Å². The molecule has 1 aromatic carbocycles. The van der Waals surface area contributed by atoms with Crippen molar-refractivity contribution in [2.24, 2.45) is 0 Å². The predicted octanol–water partition coefficient (Wildman–Crippen LogP) is 2.63. The first-order chi connectivity index (χ1) is 6.70. The molecule has 0 aliphatic heterocycles. The first kappa shape index (κ1) is 9.62. The lowest BCUT2D eigenvalue weighted by Gasteiger charge is -1.95. The van der Waals surface area contributed by atoms with Gasteiger partial charge in [-0.25, -0.2) is 4.98 Å². The minimum Gasteiger partial charge on any atom is -0.314 e. The molecule has 3 heteroatoms. The molecule has 2 rings (SSSR count). The molecule has 0 bridgehead atoms. The van der Waals surface area contributed by atoms with Crippen molar-refractivity contribution >= 4 is 21.6 Å². The number of fused-ring (bicyclic) bond motifs is 1. The Hall–Kier alpha value is -0.930. The molecule has 0 amide bonds. The maximum Gasteiger partial charge on any atom is 0.108 e. The van der Waals surface area contributed by atoms with E-state index in [2.05, 4.69) is 36.3 Å². The van der Waals surface area contributed by atoms with Crippen LogP contribution in [0.5, 0.6) is 0 Å². The molecule has 0 saturated heterocycles. The van der Waals surface area contributed by atoms with E-state index in [1.54, 1.807) is 11.3 Å². The maximum absolute atomic E-state index is 4.58. The van der Waals surface area contributed by atoms with E-state index in [0.29, 0.717) is 0 Å². The normalized spacial score (nSPS) is 11.1. The van der Waals surface area contributed by atoms with Gasteiger partial charge in [0.15, 0.2) is 0 Å². The van der Waals surface area contributed by atoms with Crippen molar-refractivity contribution in [3.63, 3.8) is 0 Å². The van der Waals surface area contributed by atoms with Crippen LogP contribution in [0.4, 0.5) is 0 Å². The quantitative estimate of drug-likeness (QED) is 0.817. The molecule has 0 atom stereocenters. The molecule has 1 aromatic heterocycles. The number of thiazole rings is 1. The fraction of sp³-hybridized carbons (Fsp3) is 0.364. The van der Waals surface area contributed by atoms with Crippen LogP contribution in [-0.4, -0.2) is 12.0 Å². The Bertz CT molecular complexity index is 460. The minimum absolute atomic E-state index is 0.859. The van der Waals surface area contributed by atoms with E-state index in [1.165, 1.54) is 15.8 Å². The molecule has 2 aromatic rings. The number of hydrogen-bond donors (Lipinski definition) is 1. The smallest absolute Gasteiger partial charge is 0.108 e. The third-order valence-corrected chi connectivity index (χ3v) is 3.40. The lowest BCUT2D eigenvalue weighted by atomic mass is 10.1. The van der Waals surface area contributed by atoms with Crippen molar-refractivity contribution < 1.29 is 0 Å². The van der Waals surface area contributed by atoms with Crippen LogP contribution in [0.15, 0.2) is 12.1 Å². The molecule has 0 unspecified atom stereocenters. The molecule has 1 heterocycles. The van der Waals surface area contributed by atoms with Gasteiger partial charge in [-0.2, -0.15) is 0 Å². The van der Waals surface area contributed by atoms with Crippen LogP contribution >= 0.6 is 11.3 Å². The molecule has 2 nitrogen and oxygen atoms in total. The highest BCUT2D eigenvalue weighted by atomic mass is 32.1. The van der Waals surface area contributed by atoms with Gasteiger partial charge in [-0.15, -0.1) is 11.3 Å². The van der Waals surface area contributed by atoms with Crippen LogP contribution in [0.1, 0.15) is 16.1 Å². The first-order valence-electron chi connectivity index (χ1n) is 4.72. The number of aromatic nitrogens is 1. The largest absolute Gasteiger partial charge is 0.314 e. The van der Waals surface area contributed by atoms with Gasteiger partial charge in [0, 0.05) is 6.54 Å². The molecule has 0 aliphatic rings. The first-order valence-corrected chi connectivity index (χ1v) is 5.53. The zero-order chi connectivity index (χ0) is 10.1. The lowest BCUT2D eigenvalue weighted by molar-refractivity contribution is 0.812. The molecule has 0 radical (unpaired) electrons. The summed E-state index contributed by atoms with van der Waals surface area (Å²) in [4.78, 5) is 4.58. The summed E-state index contributed by atoms with van der Waals surface area (Å²) in [5.41, 5.74) is 3.76. The van der Waals surface area contributed by atoms with Gasteiger partial charge in [-0.3, -0.25) is 0 Å². The summed E-state index contributed by atoms with van der Waals surface area (Å²) in [5.74, 6) is 0. The Morgan fingerprint density at radius 3 is 2.86 bits per heavy atom. The molecule has 14 heavy (non-hydrogen) atoms. The molecule has 74 valence electrons. The van der Waals surface area contributed by atoms with E-state index in [1.807, 2.05) is 7.05 Å². The van der Waals surface area contributed by atoms with Crippen LogP contribution in [0, 0.1) is 13.8 Å². The van der Waals surface area contributed by atoms with E-state index in [0.717, 1.165) is 17.1 Å². The topological polar surface area (TPSA) is 24.9 Å². The summed E-state index contributed by atoms with van der Waals surface area (Å²) >= 11 is 1.78. The van der Waals surface area contributed by atoms with Crippen LogP contribution < -0.4 is 5.32 Å². The Morgan fingerprint density at radius 2 is 2.14 bits per heavy atom. The van der Waals surface area contributed by atoms with Crippen molar-refractivity contribution in [1.29, 1.82) is 0 Å². The van der Waals surface area contributed by atoms with Crippen molar-refractivity contribution in [2.75, 3.05) is 7.05 Å². The van der Waals surface area contributed by atoms with E-state index in [9.17, 15) is 0 Å². The van der Waals surface area contributed by atoms with Gasteiger partial charge in [-0.05, 0) is 38.1 Å². The molecule has 0 spiro atoms. The minimum atomic E-state index is 0.859. The summed E-state index contributed by atoms with van der Waals surface area (Å²) in [5, 5.41) is 4.29. The Kier molecular flexibility index (Phi) is 2.52. The third-order valence-electron chi connectivity index (χ3n) is 2.19. The molecule has 1 N–H and O–H groups in total. The summed E-state index contributed by atoms with van der Waals surface area (Å²) in [6.07, 6.45) is 0. The van der Waals surface area contributed by atoms with Gasteiger partial charge in [0.1, 0.15) is 5.01 Å². The molecular formula is C11H14N2S. The number of rotatable bonds is 2.